The third-order valence-electron chi connectivity index (χ3n) is 2.47. The van der Waals surface area contributed by atoms with Crippen LogP contribution in [0, 0.1) is 13.8 Å². The minimum Gasteiger partial charge on any atom is -0.293 e. The number of ketones is 1. The van der Waals surface area contributed by atoms with Gasteiger partial charge in [-0.15, -0.1) is 17.9 Å². The zero-order valence-corrected chi connectivity index (χ0v) is 10.9. The third-order valence-corrected chi connectivity index (χ3v) is 3.58. The monoisotopic (exact) mass is 237 g/mol. The molecule has 2 nitrogen and oxygen atoms in total. The predicted molar refractivity (Wildman–Crippen MR) is 69.2 cm³/mol. The van der Waals surface area contributed by atoms with Crippen LogP contribution in [0.2, 0.25) is 0 Å². The van der Waals surface area contributed by atoms with Crippen LogP contribution in [0.1, 0.15) is 52.5 Å². The lowest BCUT2D eigenvalue weighted by Crippen LogP contribution is -1.98. The average Bonchev–Trinajstić information content (AvgIpc) is 2.57. The summed E-state index contributed by atoms with van der Waals surface area (Å²) in [5.41, 5.74) is 0.888. The molecule has 88 valence electrons. The van der Waals surface area contributed by atoms with E-state index in [0.29, 0.717) is 6.42 Å². The van der Waals surface area contributed by atoms with E-state index in [1.807, 2.05) is 19.9 Å². The van der Waals surface area contributed by atoms with Gasteiger partial charge in [0.05, 0.1) is 15.6 Å². The van der Waals surface area contributed by atoms with E-state index in [9.17, 15) is 4.79 Å². The number of allylic oxidation sites excluding steroid dienone is 1. The summed E-state index contributed by atoms with van der Waals surface area (Å²) >= 11 is 1.51. The number of unbranched alkanes of at least 4 members (excludes halogenated alkanes) is 3. The van der Waals surface area contributed by atoms with Crippen LogP contribution >= 0.6 is 11.3 Å². The highest BCUT2D eigenvalue weighted by atomic mass is 32.1. The number of carbonyl (C=O) groups is 1. The van der Waals surface area contributed by atoms with Gasteiger partial charge in [0.2, 0.25) is 0 Å². The minimum absolute atomic E-state index is 0.252. The number of hydrogen-bond acceptors (Lipinski definition) is 3. The Bertz CT molecular complexity index is 368. The first-order valence-corrected chi connectivity index (χ1v) is 6.55. The number of carbonyl (C=O) groups excluding carboxylic acids is 1. The van der Waals surface area contributed by atoms with Crippen LogP contribution in [-0.4, -0.2) is 10.8 Å². The molecule has 0 fully saturated rings. The third kappa shape index (κ3) is 3.89. The van der Waals surface area contributed by atoms with Gasteiger partial charge < -0.3 is 0 Å². The Labute approximate surface area is 101 Å². The van der Waals surface area contributed by atoms with Crippen LogP contribution in [0.4, 0.5) is 0 Å². The van der Waals surface area contributed by atoms with Crippen molar-refractivity contribution in [1.29, 1.82) is 0 Å². The molecule has 0 N–H and O–H groups in total. The highest BCUT2D eigenvalue weighted by Crippen LogP contribution is 2.20. The first-order chi connectivity index (χ1) is 7.65. The average molecular weight is 237 g/mol. The highest BCUT2D eigenvalue weighted by molar-refractivity contribution is 7.13. The summed E-state index contributed by atoms with van der Waals surface area (Å²) in [5.74, 6) is 0.252. The van der Waals surface area contributed by atoms with Gasteiger partial charge in [-0.3, -0.25) is 4.79 Å². The summed E-state index contributed by atoms with van der Waals surface area (Å²) in [4.78, 5) is 17.0. The molecular weight excluding hydrogens is 218 g/mol. The van der Waals surface area contributed by atoms with E-state index in [1.54, 1.807) is 0 Å². The second-order valence-electron chi connectivity index (χ2n) is 3.96. The summed E-state index contributed by atoms with van der Waals surface area (Å²) < 4.78 is 0. The summed E-state index contributed by atoms with van der Waals surface area (Å²) in [6.45, 7) is 7.54. The van der Waals surface area contributed by atoms with Crippen molar-refractivity contribution in [3.63, 3.8) is 0 Å². The van der Waals surface area contributed by atoms with Crippen molar-refractivity contribution >= 4 is 17.1 Å². The Kier molecular flexibility index (Phi) is 5.39. The van der Waals surface area contributed by atoms with E-state index in [1.165, 1.54) is 11.3 Å². The summed E-state index contributed by atoms with van der Waals surface area (Å²) in [5, 5.41) is 0.979. The zero-order chi connectivity index (χ0) is 12.0. The van der Waals surface area contributed by atoms with Gasteiger partial charge in [0, 0.05) is 6.42 Å². The number of hydrogen-bond donors (Lipinski definition) is 0. The molecule has 0 aliphatic carbocycles. The maximum Gasteiger partial charge on any atom is 0.174 e. The second kappa shape index (κ2) is 6.59. The molecule has 16 heavy (non-hydrogen) atoms. The first-order valence-electron chi connectivity index (χ1n) is 5.73. The van der Waals surface area contributed by atoms with Crippen molar-refractivity contribution in [1.82, 2.24) is 4.98 Å². The first kappa shape index (κ1) is 13.1. The Morgan fingerprint density at radius 3 is 2.69 bits per heavy atom. The maximum atomic E-state index is 11.9. The molecule has 0 aromatic carbocycles. The van der Waals surface area contributed by atoms with Gasteiger partial charge in [0.1, 0.15) is 0 Å². The Balaban J connectivity index is 2.35. The molecule has 0 unspecified atom stereocenters. The molecule has 0 atom stereocenters. The summed E-state index contributed by atoms with van der Waals surface area (Å²) in [6.07, 6.45) is 6.85. The zero-order valence-electron chi connectivity index (χ0n) is 10.1. The quantitative estimate of drug-likeness (QED) is 0.406. The molecule has 1 rings (SSSR count). The van der Waals surface area contributed by atoms with Crippen LogP contribution in [-0.2, 0) is 0 Å². The van der Waals surface area contributed by atoms with E-state index in [0.717, 1.165) is 41.3 Å². The smallest absolute Gasteiger partial charge is 0.174 e. The Morgan fingerprint density at radius 2 is 2.12 bits per heavy atom. The fourth-order valence-corrected chi connectivity index (χ4v) is 2.54. The highest BCUT2D eigenvalue weighted by Gasteiger charge is 2.12. The van der Waals surface area contributed by atoms with Crippen LogP contribution in [0.25, 0.3) is 0 Å². The van der Waals surface area contributed by atoms with Crippen LogP contribution in [0.3, 0.4) is 0 Å². The van der Waals surface area contributed by atoms with Crippen molar-refractivity contribution in [2.45, 2.75) is 46.0 Å². The maximum absolute atomic E-state index is 11.9. The molecule has 1 aromatic rings. The van der Waals surface area contributed by atoms with E-state index < -0.39 is 0 Å². The van der Waals surface area contributed by atoms with Gasteiger partial charge in [0.15, 0.2) is 5.78 Å². The van der Waals surface area contributed by atoms with Gasteiger partial charge >= 0.3 is 0 Å². The van der Waals surface area contributed by atoms with Crippen molar-refractivity contribution in [3.05, 3.63) is 28.2 Å². The van der Waals surface area contributed by atoms with Gasteiger partial charge in [-0.1, -0.05) is 12.5 Å². The van der Waals surface area contributed by atoms with Gasteiger partial charge in [-0.2, -0.15) is 0 Å². The molecule has 0 saturated carbocycles. The van der Waals surface area contributed by atoms with E-state index >= 15 is 0 Å². The lowest BCUT2D eigenvalue weighted by Gasteiger charge is -1.98. The van der Waals surface area contributed by atoms with Crippen molar-refractivity contribution in [2.75, 3.05) is 0 Å². The molecule has 0 amide bonds. The van der Waals surface area contributed by atoms with E-state index in [2.05, 4.69) is 11.6 Å². The minimum atomic E-state index is 0.252. The lowest BCUT2D eigenvalue weighted by atomic mass is 10.1. The normalized spacial score (nSPS) is 10.4. The van der Waals surface area contributed by atoms with Crippen LogP contribution < -0.4 is 0 Å². The molecule has 1 aromatic heterocycles. The molecule has 0 bridgehead atoms. The van der Waals surface area contributed by atoms with E-state index in [4.69, 9.17) is 0 Å². The predicted octanol–water partition coefficient (Wildman–Crippen LogP) is 4.08. The molecule has 0 radical (unpaired) electrons. The SMILES string of the molecule is C=CCCCCCC(=O)c1sc(C)nc1C. The number of nitrogens with zero attached hydrogens (tertiary/aromatic N) is 1. The van der Waals surface area contributed by atoms with Crippen molar-refractivity contribution in [3.8, 4) is 0 Å². The second-order valence-corrected chi connectivity index (χ2v) is 5.16. The van der Waals surface area contributed by atoms with Gasteiger partial charge in [-0.25, -0.2) is 4.98 Å². The molecular formula is C13H19NOS. The van der Waals surface area contributed by atoms with Crippen LogP contribution in [0.15, 0.2) is 12.7 Å². The number of aryl methyl sites for hydroxylation is 2. The molecule has 0 saturated heterocycles. The van der Waals surface area contributed by atoms with Crippen molar-refractivity contribution < 1.29 is 4.79 Å². The molecule has 1 heterocycles. The van der Waals surface area contributed by atoms with Crippen molar-refractivity contribution in [2.24, 2.45) is 0 Å². The summed E-state index contributed by atoms with van der Waals surface area (Å²) in [6, 6.07) is 0. The fourth-order valence-electron chi connectivity index (χ4n) is 1.65. The Morgan fingerprint density at radius 1 is 1.38 bits per heavy atom. The largest absolute Gasteiger partial charge is 0.293 e. The van der Waals surface area contributed by atoms with Gasteiger partial charge in [-0.05, 0) is 33.1 Å². The van der Waals surface area contributed by atoms with E-state index in [-0.39, 0.29) is 5.78 Å². The fraction of sp³-hybridized carbons (Fsp3) is 0.538. The number of Topliss-reactive ketones (excluding diaryl/α,β-unsaturated/α-hetero) is 1. The van der Waals surface area contributed by atoms with Crippen LogP contribution in [0.5, 0.6) is 0 Å². The number of thiazole rings is 1. The topological polar surface area (TPSA) is 30.0 Å². The summed E-state index contributed by atoms with van der Waals surface area (Å²) in [7, 11) is 0. The Hall–Kier alpha value is -0.960. The molecule has 0 aliphatic rings. The standard InChI is InChI=1S/C13H19NOS/c1-4-5-6-7-8-9-12(15)13-10(2)14-11(3)16-13/h4H,1,5-9H2,2-3H3. The molecule has 0 spiro atoms. The molecule has 0 aliphatic heterocycles. The van der Waals surface area contributed by atoms with Gasteiger partial charge in [0.25, 0.3) is 0 Å². The lowest BCUT2D eigenvalue weighted by molar-refractivity contribution is 0.0982. The number of rotatable bonds is 7. The number of aromatic nitrogens is 1. The molecule has 3 heteroatoms.